The van der Waals surface area contributed by atoms with Crippen LogP contribution in [-0.2, 0) is 6.42 Å². The molecule has 23 heavy (non-hydrogen) atoms. The van der Waals surface area contributed by atoms with Crippen molar-refractivity contribution in [2.45, 2.75) is 31.7 Å². The van der Waals surface area contributed by atoms with E-state index in [2.05, 4.69) is 41.4 Å². The minimum Gasteiger partial charge on any atom is -0.493 e. The molecule has 3 rings (SSSR count). The maximum atomic E-state index is 6.21. The van der Waals surface area contributed by atoms with Crippen LogP contribution in [-0.4, -0.2) is 17.6 Å². The molecular formula is C20H24N2O. The number of hydrogen-bond donors (Lipinski definition) is 2. The molecule has 2 aromatic carbocycles. The molecule has 1 heterocycles. The zero-order chi connectivity index (χ0) is 15.9. The predicted molar refractivity (Wildman–Crippen MR) is 95.8 cm³/mol. The molecule has 120 valence electrons. The molecule has 0 radical (unpaired) electrons. The summed E-state index contributed by atoms with van der Waals surface area (Å²) in [5, 5.41) is 1.13. The molecule has 3 nitrogen and oxygen atoms in total. The van der Waals surface area contributed by atoms with Crippen molar-refractivity contribution in [3.05, 3.63) is 66.4 Å². The van der Waals surface area contributed by atoms with Gasteiger partial charge in [-0.2, -0.15) is 0 Å². The first-order chi connectivity index (χ1) is 11.3. The van der Waals surface area contributed by atoms with Crippen LogP contribution in [0, 0.1) is 0 Å². The van der Waals surface area contributed by atoms with Gasteiger partial charge in [0.2, 0.25) is 0 Å². The topological polar surface area (TPSA) is 51.0 Å². The Kier molecular flexibility index (Phi) is 5.33. The lowest BCUT2D eigenvalue weighted by molar-refractivity contribution is 0.297. The minimum atomic E-state index is 0.198. The summed E-state index contributed by atoms with van der Waals surface area (Å²) in [6, 6.07) is 18.9. The fraction of sp³-hybridized carbons (Fsp3) is 0.300. The van der Waals surface area contributed by atoms with Crippen LogP contribution in [0.3, 0.4) is 0 Å². The van der Waals surface area contributed by atoms with Crippen molar-refractivity contribution in [1.82, 2.24) is 4.98 Å². The molecular weight excluding hydrogens is 284 g/mol. The SMILES string of the molecule is NC(CCCc1ccccc1)CCOc1cccc2[nH]ccc12. The van der Waals surface area contributed by atoms with E-state index in [1.165, 1.54) is 5.56 Å². The fourth-order valence-corrected chi connectivity index (χ4v) is 2.86. The molecule has 0 spiro atoms. The van der Waals surface area contributed by atoms with E-state index in [1.807, 2.05) is 24.4 Å². The highest BCUT2D eigenvalue weighted by atomic mass is 16.5. The summed E-state index contributed by atoms with van der Waals surface area (Å²) in [7, 11) is 0. The van der Waals surface area contributed by atoms with E-state index in [1.54, 1.807) is 0 Å². The number of benzene rings is 2. The molecule has 1 unspecified atom stereocenters. The molecule has 0 bridgehead atoms. The van der Waals surface area contributed by atoms with Gasteiger partial charge in [0.1, 0.15) is 5.75 Å². The van der Waals surface area contributed by atoms with Gasteiger partial charge in [-0.25, -0.2) is 0 Å². The first-order valence-corrected chi connectivity index (χ1v) is 8.31. The largest absolute Gasteiger partial charge is 0.493 e. The van der Waals surface area contributed by atoms with Gasteiger partial charge in [-0.1, -0.05) is 36.4 Å². The average molecular weight is 308 g/mol. The number of aromatic amines is 1. The summed E-state index contributed by atoms with van der Waals surface area (Å²) in [6.45, 7) is 0.663. The van der Waals surface area contributed by atoms with E-state index < -0.39 is 0 Å². The van der Waals surface area contributed by atoms with Gasteiger partial charge in [0.25, 0.3) is 0 Å². The second kappa shape index (κ2) is 7.84. The van der Waals surface area contributed by atoms with Crippen LogP contribution in [0.25, 0.3) is 10.9 Å². The van der Waals surface area contributed by atoms with Crippen molar-refractivity contribution < 1.29 is 4.74 Å². The van der Waals surface area contributed by atoms with Crippen molar-refractivity contribution in [2.75, 3.05) is 6.61 Å². The molecule has 0 aliphatic carbocycles. The van der Waals surface area contributed by atoms with Crippen LogP contribution < -0.4 is 10.5 Å². The van der Waals surface area contributed by atoms with Gasteiger partial charge in [-0.05, 0) is 49.4 Å². The molecule has 0 aliphatic heterocycles. The van der Waals surface area contributed by atoms with Crippen LogP contribution in [0.15, 0.2) is 60.8 Å². The number of aryl methyl sites for hydroxylation is 1. The predicted octanol–water partition coefficient (Wildman–Crippen LogP) is 4.29. The number of ether oxygens (including phenoxy) is 1. The van der Waals surface area contributed by atoms with Crippen LogP contribution in [0.1, 0.15) is 24.8 Å². The Morgan fingerprint density at radius 1 is 0.957 bits per heavy atom. The van der Waals surface area contributed by atoms with Gasteiger partial charge >= 0.3 is 0 Å². The highest BCUT2D eigenvalue weighted by Gasteiger charge is 2.06. The highest BCUT2D eigenvalue weighted by molar-refractivity contribution is 5.85. The lowest BCUT2D eigenvalue weighted by atomic mass is 10.0. The lowest BCUT2D eigenvalue weighted by Gasteiger charge is -2.13. The van der Waals surface area contributed by atoms with Gasteiger partial charge in [-0.15, -0.1) is 0 Å². The van der Waals surface area contributed by atoms with Crippen LogP contribution in [0.2, 0.25) is 0 Å². The molecule has 0 saturated heterocycles. The summed E-state index contributed by atoms with van der Waals surface area (Å²) < 4.78 is 5.91. The minimum absolute atomic E-state index is 0.198. The van der Waals surface area contributed by atoms with Crippen LogP contribution in [0.4, 0.5) is 0 Å². The third-order valence-electron chi connectivity index (χ3n) is 4.18. The lowest BCUT2D eigenvalue weighted by Crippen LogP contribution is -2.22. The quantitative estimate of drug-likeness (QED) is 0.652. The standard InChI is InChI=1S/C20H24N2O/c21-17(9-4-8-16-6-2-1-3-7-16)13-15-23-20-11-5-10-19-18(20)12-14-22-19/h1-3,5-7,10-12,14,17,22H,4,8-9,13,15,21H2. The average Bonchev–Trinajstić information content (AvgIpc) is 3.05. The third kappa shape index (κ3) is 4.36. The molecule has 1 aromatic heterocycles. The van der Waals surface area contributed by atoms with Crippen LogP contribution >= 0.6 is 0 Å². The zero-order valence-corrected chi connectivity index (χ0v) is 13.4. The Morgan fingerprint density at radius 3 is 2.70 bits per heavy atom. The van der Waals surface area contributed by atoms with E-state index in [-0.39, 0.29) is 6.04 Å². The monoisotopic (exact) mass is 308 g/mol. The Morgan fingerprint density at radius 2 is 1.83 bits per heavy atom. The summed E-state index contributed by atoms with van der Waals surface area (Å²) in [5.41, 5.74) is 8.70. The Balaban J connectivity index is 1.39. The summed E-state index contributed by atoms with van der Waals surface area (Å²) in [6.07, 6.45) is 6.08. The smallest absolute Gasteiger partial charge is 0.128 e. The van der Waals surface area contributed by atoms with E-state index in [0.717, 1.165) is 42.3 Å². The van der Waals surface area contributed by atoms with Crippen molar-refractivity contribution in [3.63, 3.8) is 0 Å². The maximum absolute atomic E-state index is 6.21. The molecule has 0 aliphatic rings. The molecule has 3 heteroatoms. The number of H-pyrrole nitrogens is 1. The van der Waals surface area contributed by atoms with Gasteiger partial charge < -0.3 is 15.5 Å². The highest BCUT2D eigenvalue weighted by Crippen LogP contribution is 2.24. The zero-order valence-electron chi connectivity index (χ0n) is 13.4. The number of rotatable bonds is 8. The van der Waals surface area contributed by atoms with Crippen molar-refractivity contribution in [2.24, 2.45) is 5.73 Å². The van der Waals surface area contributed by atoms with Gasteiger partial charge in [0.15, 0.2) is 0 Å². The summed E-state index contributed by atoms with van der Waals surface area (Å²) >= 11 is 0. The maximum Gasteiger partial charge on any atom is 0.128 e. The molecule has 1 atom stereocenters. The van der Waals surface area contributed by atoms with E-state index >= 15 is 0 Å². The summed E-state index contributed by atoms with van der Waals surface area (Å²) in [4.78, 5) is 3.20. The van der Waals surface area contributed by atoms with Gasteiger partial charge in [0.05, 0.1) is 6.61 Å². The molecule has 0 saturated carbocycles. The molecule has 0 amide bonds. The van der Waals surface area contributed by atoms with Crippen molar-refractivity contribution >= 4 is 10.9 Å². The Hall–Kier alpha value is -2.26. The van der Waals surface area contributed by atoms with Crippen molar-refractivity contribution in [1.29, 1.82) is 0 Å². The number of aromatic nitrogens is 1. The molecule has 3 aromatic rings. The second-order valence-electron chi connectivity index (χ2n) is 5.97. The molecule has 3 N–H and O–H groups in total. The second-order valence-corrected chi connectivity index (χ2v) is 5.97. The van der Waals surface area contributed by atoms with Crippen LogP contribution in [0.5, 0.6) is 5.75 Å². The number of hydrogen-bond acceptors (Lipinski definition) is 2. The van der Waals surface area contributed by atoms with E-state index in [4.69, 9.17) is 10.5 Å². The number of nitrogens with two attached hydrogens (primary N) is 1. The number of fused-ring (bicyclic) bond motifs is 1. The fourth-order valence-electron chi connectivity index (χ4n) is 2.86. The first kappa shape index (κ1) is 15.6. The van der Waals surface area contributed by atoms with E-state index in [0.29, 0.717) is 6.61 Å². The Labute approximate surface area is 137 Å². The van der Waals surface area contributed by atoms with Crippen molar-refractivity contribution in [3.8, 4) is 5.75 Å². The summed E-state index contributed by atoms with van der Waals surface area (Å²) in [5.74, 6) is 0.931. The van der Waals surface area contributed by atoms with E-state index in [9.17, 15) is 0 Å². The molecule has 0 fully saturated rings. The van der Waals surface area contributed by atoms with Gasteiger partial charge in [-0.3, -0.25) is 0 Å². The first-order valence-electron chi connectivity index (χ1n) is 8.31. The number of nitrogens with one attached hydrogen (secondary N) is 1. The third-order valence-corrected chi connectivity index (χ3v) is 4.18. The Bertz CT molecular complexity index is 721. The normalized spacial score (nSPS) is 12.4. The van der Waals surface area contributed by atoms with Gasteiger partial charge in [0, 0.05) is 23.1 Å².